The van der Waals surface area contributed by atoms with Crippen LogP contribution in [0.4, 0.5) is 0 Å². The molecule has 278 valence electrons. The van der Waals surface area contributed by atoms with Crippen molar-refractivity contribution in [1.29, 1.82) is 10.5 Å². The van der Waals surface area contributed by atoms with E-state index in [9.17, 15) is 10.5 Å². The van der Waals surface area contributed by atoms with Gasteiger partial charge in [-0.25, -0.2) is 15.0 Å². The molecule has 0 bridgehead atoms. The minimum Gasteiger partial charge on any atom is -0.309 e. The predicted octanol–water partition coefficient (Wildman–Crippen LogP) is 12.5. The predicted molar refractivity (Wildman–Crippen MR) is 240 cm³/mol. The van der Waals surface area contributed by atoms with Crippen LogP contribution in [0.25, 0.3) is 100 Å². The molecule has 3 heterocycles. The molecule has 0 aliphatic heterocycles. The van der Waals surface area contributed by atoms with Crippen molar-refractivity contribution in [2.75, 3.05) is 0 Å². The summed E-state index contributed by atoms with van der Waals surface area (Å²) in [5, 5.41) is 25.1. The molecule has 0 amide bonds. The van der Waals surface area contributed by atoms with E-state index in [4.69, 9.17) is 15.0 Å². The maximum atomic E-state index is 10.9. The van der Waals surface area contributed by atoms with E-state index in [0.29, 0.717) is 28.6 Å². The van der Waals surface area contributed by atoms with Crippen molar-refractivity contribution < 1.29 is 0 Å². The second-order valence-electron chi connectivity index (χ2n) is 14.6. The van der Waals surface area contributed by atoms with E-state index < -0.39 is 0 Å². The van der Waals surface area contributed by atoms with Crippen LogP contribution in [0.5, 0.6) is 0 Å². The number of hydrogen-bond acceptors (Lipinski definition) is 5. The zero-order chi connectivity index (χ0) is 40.2. The second-order valence-corrected chi connectivity index (χ2v) is 14.6. The lowest BCUT2D eigenvalue weighted by atomic mass is 10.0. The van der Waals surface area contributed by atoms with Gasteiger partial charge in [0, 0.05) is 43.9 Å². The summed E-state index contributed by atoms with van der Waals surface area (Å²) in [5.74, 6) is 1.61. The van der Waals surface area contributed by atoms with Crippen molar-refractivity contribution in [3.63, 3.8) is 0 Å². The van der Waals surface area contributed by atoms with Gasteiger partial charge >= 0.3 is 0 Å². The molecule has 0 radical (unpaired) electrons. The zero-order valence-electron chi connectivity index (χ0n) is 32.0. The molecule has 7 heteroatoms. The largest absolute Gasteiger partial charge is 0.309 e. The highest BCUT2D eigenvalue weighted by molar-refractivity contribution is 6.26. The molecule has 0 unspecified atom stereocenters. The Balaban J connectivity index is 1.13. The molecule has 8 aromatic carbocycles. The molecular formula is C53H31N7. The number of para-hydroxylation sites is 2. The van der Waals surface area contributed by atoms with Crippen molar-refractivity contribution in [2.24, 2.45) is 0 Å². The molecular weight excluding hydrogens is 735 g/mol. The van der Waals surface area contributed by atoms with Crippen molar-refractivity contribution in [2.45, 2.75) is 0 Å². The Morgan fingerprint density at radius 1 is 0.383 bits per heavy atom. The fraction of sp³-hybridized carbons (Fsp3) is 0. The Morgan fingerprint density at radius 2 is 0.933 bits per heavy atom. The molecule has 0 atom stereocenters. The first-order valence-corrected chi connectivity index (χ1v) is 19.7. The maximum Gasteiger partial charge on any atom is 0.164 e. The van der Waals surface area contributed by atoms with Crippen LogP contribution in [0, 0.1) is 22.7 Å². The molecule has 0 aliphatic carbocycles. The Hall–Kier alpha value is -8.65. The normalized spacial score (nSPS) is 11.3. The molecule has 11 aromatic rings. The average molecular weight is 766 g/mol. The quantitative estimate of drug-likeness (QED) is 0.168. The van der Waals surface area contributed by atoms with E-state index in [1.54, 1.807) is 0 Å². The number of nitriles is 2. The molecule has 0 saturated carbocycles. The van der Waals surface area contributed by atoms with Crippen LogP contribution in [-0.2, 0) is 0 Å². The van der Waals surface area contributed by atoms with Gasteiger partial charge in [0.15, 0.2) is 17.5 Å². The first kappa shape index (κ1) is 34.6. The Kier molecular flexibility index (Phi) is 8.11. The number of aromatic nitrogens is 5. The summed E-state index contributed by atoms with van der Waals surface area (Å²) >= 11 is 0. The Labute approximate surface area is 345 Å². The summed E-state index contributed by atoms with van der Waals surface area (Å²) < 4.78 is 4.54. The highest BCUT2D eigenvalue weighted by Crippen LogP contribution is 2.43. The highest BCUT2D eigenvalue weighted by Gasteiger charge is 2.23. The van der Waals surface area contributed by atoms with Gasteiger partial charge in [0.05, 0.1) is 45.0 Å². The summed E-state index contributed by atoms with van der Waals surface area (Å²) in [6, 6.07) is 67.9. The summed E-state index contributed by atoms with van der Waals surface area (Å²) in [4.78, 5) is 14.8. The van der Waals surface area contributed by atoms with E-state index in [1.165, 1.54) is 0 Å². The van der Waals surface area contributed by atoms with Crippen molar-refractivity contribution in [1.82, 2.24) is 24.1 Å². The van der Waals surface area contributed by atoms with Crippen LogP contribution >= 0.6 is 0 Å². The zero-order valence-corrected chi connectivity index (χ0v) is 32.0. The molecule has 60 heavy (non-hydrogen) atoms. The number of hydrogen-bond donors (Lipinski definition) is 0. The van der Waals surface area contributed by atoms with E-state index in [1.807, 2.05) is 109 Å². The lowest BCUT2D eigenvalue weighted by Gasteiger charge is -2.13. The molecule has 3 aromatic heterocycles. The number of nitrogens with zero attached hydrogens (tertiary/aromatic N) is 7. The van der Waals surface area contributed by atoms with Crippen LogP contribution in [0.1, 0.15) is 11.1 Å². The molecule has 0 fully saturated rings. The average Bonchev–Trinajstić information content (AvgIpc) is 3.84. The number of benzene rings is 8. The first-order chi connectivity index (χ1) is 29.7. The molecule has 0 saturated heterocycles. The summed E-state index contributed by atoms with van der Waals surface area (Å²) in [5.41, 5.74) is 11.4. The van der Waals surface area contributed by atoms with Gasteiger partial charge in [-0.1, -0.05) is 133 Å². The monoisotopic (exact) mass is 765 g/mol. The van der Waals surface area contributed by atoms with Gasteiger partial charge in [0.1, 0.15) is 6.07 Å². The van der Waals surface area contributed by atoms with Gasteiger partial charge in [-0.15, -0.1) is 0 Å². The van der Waals surface area contributed by atoms with Crippen LogP contribution < -0.4 is 0 Å². The summed E-state index contributed by atoms with van der Waals surface area (Å²) in [6.45, 7) is 0. The third-order valence-electron chi connectivity index (χ3n) is 11.3. The fourth-order valence-corrected chi connectivity index (χ4v) is 8.56. The standard InChI is InChI=1S/C53H31N7/c54-32-38-17-7-8-18-41(38)34-23-26-40(27-24-34)59-47-22-12-10-20-44(47)49-48(59)30-28-43-42-19-9-11-21-46(42)60(50(43)49)45-29-25-37(31-39(45)33-55)53-57-51(35-13-3-1-4-14-35)56-52(58-53)36-15-5-2-6-16-36/h1-31H. The maximum absolute atomic E-state index is 10.9. The van der Waals surface area contributed by atoms with Gasteiger partial charge in [-0.3, -0.25) is 0 Å². The lowest BCUT2D eigenvalue weighted by molar-refractivity contribution is 1.07. The van der Waals surface area contributed by atoms with Crippen LogP contribution in [-0.4, -0.2) is 24.1 Å². The molecule has 11 rings (SSSR count). The Bertz CT molecular complexity index is 3490. The minimum absolute atomic E-state index is 0.487. The smallest absolute Gasteiger partial charge is 0.164 e. The van der Waals surface area contributed by atoms with Gasteiger partial charge < -0.3 is 9.13 Å². The SMILES string of the molecule is N#Cc1ccccc1-c1ccc(-n2c3ccccc3c3c2ccc2c4ccccc4n(-c4ccc(-c5nc(-c6ccccc6)nc(-c6ccccc6)n5)cc4C#N)c23)cc1. The van der Waals surface area contributed by atoms with E-state index in [0.717, 1.165) is 82.8 Å². The highest BCUT2D eigenvalue weighted by atomic mass is 15.0. The van der Waals surface area contributed by atoms with Gasteiger partial charge in [0.25, 0.3) is 0 Å². The summed E-state index contributed by atoms with van der Waals surface area (Å²) in [6.07, 6.45) is 0. The van der Waals surface area contributed by atoms with Crippen molar-refractivity contribution in [3.05, 3.63) is 199 Å². The van der Waals surface area contributed by atoms with Crippen LogP contribution in [0.2, 0.25) is 0 Å². The molecule has 0 aliphatic rings. The van der Waals surface area contributed by atoms with E-state index in [2.05, 4.69) is 100 Å². The van der Waals surface area contributed by atoms with Gasteiger partial charge in [0.2, 0.25) is 0 Å². The third kappa shape index (κ3) is 5.54. The van der Waals surface area contributed by atoms with Gasteiger partial charge in [-0.05, 0) is 65.7 Å². The Morgan fingerprint density at radius 3 is 1.60 bits per heavy atom. The van der Waals surface area contributed by atoms with E-state index in [-0.39, 0.29) is 0 Å². The number of fused-ring (bicyclic) bond motifs is 7. The molecule has 7 nitrogen and oxygen atoms in total. The molecule has 0 spiro atoms. The second kappa shape index (κ2) is 14.1. The van der Waals surface area contributed by atoms with E-state index >= 15 is 0 Å². The number of rotatable bonds is 6. The van der Waals surface area contributed by atoms with Gasteiger partial charge in [-0.2, -0.15) is 10.5 Å². The topological polar surface area (TPSA) is 96.1 Å². The first-order valence-electron chi connectivity index (χ1n) is 19.7. The van der Waals surface area contributed by atoms with Crippen molar-refractivity contribution in [3.8, 4) is 68.8 Å². The van der Waals surface area contributed by atoms with Crippen LogP contribution in [0.15, 0.2) is 188 Å². The summed E-state index contributed by atoms with van der Waals surface area (Å²) in [7, 11) is 0. The van der Waals surface area contributed by atoms with Crippen LogP contribution in [0.3, 0.4) is 0 Å². The fourth-order valence-electron chi connectivity index (χ4n) is 8.56. The van der Waals surface area contributed by atoms with Crippen molar-refractivity contribution >= 4 is 43.6 Å². The minimum atomic E-state index is 0.487. The molecule has 0 N–H and O–H groups in total. The lowest BCUT2D eigenvalue weighted by Crippen LogP contribution is -2.02. The third-order valence-corrected chi connectivity index (χ3v) is 11.3.